The monoisotopic (exact) mass is 398 g/mol. The van der Waals surface area contributed by atoms with Crippen molar-refractivity contribution in [3.05, 3.63) is 70.3 Å². The number of thioether (sulfide) groups is 1. The lowest BCUT2D eigenvalue weighted by Gasteiger charge is -2.18. The van der Waals surface area contributed by atoms with E-state index in [0.29, 0.717) is 35.1 Å². The third-order valence-corrected chi connectivity index (χ3v) is 5.34. The Morgan fingerprint density at radius 2 is 1.86 bits per heavy atom. The number of carbonyl (C=O) groups excluding carboxylic acids is 2. The minimum Gasteiger partial charge on any atom is -0.497 e. The van der Waals surface area contributed by atoms with Crippen LogP contribution in [0.25, 0.3) is 0 Å². The summed E-state index contributed by atoms with van der Waals surface area (Å²) in [4.78, 5) is 25.8. The van der Waals surface area contributed by atoms with Gasteiger partial charge in [0.2, 0.25) is 0 Å². The molecular weight excluding hydrogens is 376 g/mol. The van der Waals surface area contributed by atoms with Crippen molar-refractivity contribution in [2.45, 2.75) is 13.5 Å². The van der Waals surface area contributed by atoms with E-state index in [2.05, 4.69) is 10.6 Å². The van der Waals surface area contributed by atoms with Crippen LogP contribution in [-0.2, 0) is 16.1 Å². The first-order valence-corrected chi connectivity index (χ1v) is 9.85. The fourth-order valence-electron chi connectivity index (χ4n) is 2.72. The summed E-state index contributed by atoms with van der Waals surface area (Å²) in [5.41, 5.74) is 1.82. The molecule has 0 fully saturated rings. The molecule has 0 radical (unpaired) electrons. The topological polar surface area (TPSA) is 76.7 Å². The van der Waals surface area contributed by atoms with Crippen LogP contribution in [0.15, 0.2) is 59.2 Å². The number of ether oxygens (including phenoxy) is 2. The maximum absolute atomic E-state index is 12.7. The van der Waals surface area contributed by atoms with Gasteiger partial charge < -0.3 is 20.1 Å². The van der Waals surface area contributed by atoms with Gasteiger partial charge in [0, 0.05) is 12.3 Å². The second-order valence-electron chi connectivity index (χ2n) is 6.11. The Hall–Kier alpha value is -2.93. The van der Waals surface area contributed by atoms with Crippen molar-refractivity contribution in [3.8, 4) is 5.75 Å². The van der Waals surface area contributed by atoms with Crippen molar-refractivity contribution in [1.29, 1.82) is 0 Å². The second kappa shape index (κ2) is 9.32. The molecule has 3 rings (SSSR count). The molecule has 0 spiro atoms. The largest absolute Gasteiger partial charge is 0.497 e. The quantitative estimate of drug-likeness (QED) is 0.778. The molecule has 1 heterocycles. The second-order valence-corrected chi connectivity index (χ2v) is 7.22. The lowest BCUT2D eigenvalue weighted by atomic mass is 10.1. The van der Waals surface area contributed by atoms with Gasteiger partial charge in [0.25, 0.3) is 11.8 Å². The molecule has 0 saturated carbocycles. The highest BCUT2D eigenvalue weighted by molar-refractivity contribution is 8.04. The number of allylic oxidation sites excluding steroid dienone is 1. The van der Waals surface area contributed by atoms with Gasteiger partial charge in [0.1, 0.15) is 16.4 Å². The molecule has 1 aliphatic heterocycles. The number of nitrogens with one attached hydrogen (secondary N) is 2. The van der Waals surface area contributed by atoms with Crippen molar-refractivity contribution in [3.63, 3.8) is 0 Å². The summed E-state index contributed by atoms with van der Waals surface area (Å²) < 4.78 is 10.6. The Labute approximate surface area is 168 Å². The molecule has 0 unspecified atom stereocenters. The van der Waals surface area contributed by atoms with Crippen LogP contribution in [-0.4, -0.2) is 31.3 Å². The molecular formula is C21H22N2O4S. The van der Waals surface area contributed by atoms with Crippen LogP contribution in [0.5, 0.6) is 5.75 Å². The number of methoxy groups -OCH3 is 1. The molecule has 1 aliphatic rings. The fraction of sp³-hybridized carbons (Fsp3) is 0.238. The molecule has 28 heavy (non-hydrogen) atoms. The molecule has 2 amide bonds. The third-order valence-electron chi connectivity index (χ3n) is 4.21. The lowest BCUT2D eigenvalue weighted by molar-refractivity contribution is -0.112. The van der Waals surface area contributed by atoms with Crippen LogP contribution in [0.2, 0.25) is 0 Å². The van der Waals surface area contributed by atoms with Crippen molar-refractivity contribution >= 4 is 29.3 Å². The molecule has 0 aliphatic carbocycles. The van der Waals surface area contributed by atoms with Gasteiger partial charge in [-0.25, -0.2) is 0 Å². The van der Waals surface area contributed by atoms with Gasteiger partial charge in [-0.1, -0.05) is 24.3 Å². The molecule has 7 heteroatoms. The Bertz CT molecular complexity index is 894. The first kappa shape index (κ1) is 19.8. The van der Waals surface area contributed by atoms with Crippen molar-refractivity contribution < 1.29 is 19.1 Å². The smallest absolute Gasteiger partial charge is 0.265 e. The minimum absolute atomic E-state index is 0.259. The summed E-state index contributed by atoms with van der Waals surface area (Å²) >= 11 is 1.46. The van der Waals surface area contributed by atoms with Gasteiger partial charge in [0.15, 0.2) is 0 Å². The predicted octanol–water partition coefficient (Wildman–Crippen LogP) is 3.56. The van der Waals surface area contributed by atoms with E-state index < -0.39 is 0 Å². The average Bonchev–Trinajstić information content (AvgIpc) is 2.73. The number of anilines is 1. The summed E-state index contributed by atoms with van der Waals surface area (Å²) in [6, 6.07) is 14.4. The number of rotatable bonds is 6. The van der Waals surface area contributed by atoms with E-state index in [1.54, 1.807) is 38.3 Å². The maximum Gasteiger partial charge on any atom is 0.265 e. The molecule has 2 aromatic carbocycles. The van der Waals surface area contributed by atoms with Crippen LogP contribution in [0, 0.1) is 0 Å². The minimum atomic E-state index is -0.266. The zero-order valence-corrected chi connectivity index (χ0v) is 16.6. The first-order valence-electron chi connectivity index (χ1n) is 8.86. The third kappa shape index (κ3) is 4.86. The van der Waals surface area contributed by atoms with Crippen molar-refractivity contribution in [2.75, 3.05) is 24.8 Å². The summed E-state index contributed by atoms with van der Waals surface area (Å²) in [6.45, 7) is 2.74. The van der Waals surface area contributed by atoms with E-state index in [1.807, 2.05) is 24.3 Å². The van der Waals surface area contributed by atoms with Crippen LogP contribution < -0.4 is 15.4 Å². The predicted molar refractivity (Wildman–Crippen MR) is 110 cm³/mol. The Balaban J connectivity index is 1.68. The van der Waals surface area contributed by atoms with Crippen LogP contribution in [0.3, 0.4) is 0 Å². The summed E-state index contributed by atoms with van der Waals surface area (Å²) in [7, 11) is 1.61. The van der Waals surface area contributed by atoms with Gasteiger partial charge in [0.05, 0.1) is 25.0 Å². The molecule has 0 aromatic heterocycles. The molecule has 0 bridgehead atoms. The zero-order valence-electron chi connectivity index (χ0n) is 15.8. The van der Waals surface area contributed by atoms with Crippen LogP contribution in [0.4, 0.5) is 5.69 Å². The lowest BCUT2D eigenvalue weighted by Crippen LogP contribution is -2.25. The van der Waals surface area contributed by atoms with E-state index in [-0.39, 0.29) is 11.8 Å². The number of carbonyl (C=O) groups is 2. The maximum atomic E-state index is 12.7. The van der Waals surface area contributed by atoms with E-state index in [1.165, 1.54) is 11.8 Å². The van der Waals surface area contributed by atoms with E-state index in [4.69, 9.17) is 9.47 Å². The number of benzene rings is 2. The molecule has 146 valence electrons. The average molecular weight is 398 g/mol. The fourth-order valence-corrected chi connectivity index (χ4v) is 3.54. The highest BCUT2D eigenvalue weighted by atomic mass is 32.2. The van der Waals surface area contributed by atoms with Gasteiger partial charge >= 0.3 is 0 Å². The number of amides is 2. The van der Waals surface area contributed by atoms with Crippen LogP contribution in [0.1, 0.15) is 22.8 Å². The molecule has 0 atom stereocenters. The Kier molecular flexibility index (Phi) is 6.60. The highest BCUT2D eigenvalue weighted by Crippen LogP contribution is 2.27. The van der Waals surface area contributed by atoms with Crippen molar-refractivity contribution in [1.82, 2.24) is 5.32 Å². The number of hydrogen-bond donors (Lipinski definition) is 2. The zero-order chi connectivity index (χ0) is 19.9. The highest BCUT2D eigenvalue weighted by Gasteiger charge is 2.20. The van der Waals surface area contributed by atoms with E-state index in [0.717, 1.165) is 17.1 Å². The SMILES string of the molecule is COc1ccc(CNC(=O)c2ccccc2NC(=O)C2=C(C)OCCS2)cc1. The van der Waals surface area contributed by atoms with Crippen LogP contribution >= 0.6 is 11.8 Å². The summed E-state index contributed by atoms with van der Waals surface area (Å²) in [5, 5.41) is 5.71. The first-order chi connectivity index (χ1) is 13.6. The Morgan fingerprint density at radius 3 is 2.57 bits per heavy atom. The van der Waals surface area contributed by atoms with Gasteiger partial charge in [-0.3, -0.25) is 9.59 Å². The molecule has 2 aromatic rings. The molecule has 6 nitrogen and oxygen atoms in total. The summed E-state index contributed by atoms with van der Waals surface area (Å²) in [6.07, 6.45) is 0. The van der Waals surface area contributed by atoms with Gasteiger partial charge in [-0.2, -0.15) is 0 Å². The Morgan fingerprint density at radius 1 is 1.11 bits per heavy atom. The van der Waals surface area contributed by atoms with E-state index >= 15 is 0 Å². The number of hydrogen-bond acceptors (Lipinski definition) is 5. The number of para-hydroxylation sites is 1. The van der Waals surface area contributed by atoms with Gasteiger partial charge in [-0.05, 0) is 36.8 Å². The summed E-state index contributed by atoms with van der Waals surface area (Å²) in [5.74, 6) is 1.57. The standard InChI is InChI=1S/C21H22N2O4S/c1-14-19(28-12-11-27-14)21(25)23-18-6-4-3-5-17(18)20(24)22-13-15-7-9-16(26-2)10-8-15/h3-10H,11-13H2,1-2H3,(H,22,24)(H,23,25). The van der Waals surface area contributed by atoms with E-state index in [9.17, 15) is 9.59 Å². The molecule has 2 N–H and O–H groups in total. The normalized spacial score (nSPS) is 13.5. The van der Waals surface area contributed by atoms with Crippen molar-refractivity contribution in [2.24, 2.45) is 0 Å². The molecule has 0 saturated heterocycles. The van der Waals surface area contributed by atoms with Gasteiger partial charge in [-0.15, -0.1) is 11.8 Å².